The van der Waals surface area contributed by atoms with E-state index in [2.05, 4.69) is 17.5 Å². The largest absolute Gasteiger partial charge is 0.462 e. The number of hydrogen-bond donors (Lipinski definition) is 1. The number of carbonyl (C=O) groups excluding carboxylic acids is 1. The normalized spacial score (nSPS) is 14.2. The van der Waals surface area contributed by atoms with Crippen LogP contribution in [0, 0.1) is 0 Å². The molecule has 0 saturated carbocycles. The van der Waals surface area contributed by atoms with Crippen molar-refractivity contribution < 1.29 is 9.53 Å². The van der Waals surface area contributed by atoms with Crippen molar-refractivity contribution in [2.45, 2.75) is 26.2 Å². The van der Waals surface area contributed by atoms with Gasteiger partial charge in [0.15, 0.2) is 0 Å². The fraction of sp³-hybridized carbons (Fsp3) is 0.400. The lowest BCUT2D eigenvalue weighted by atomic mass is 10.0. The first-order valence-corrected chi connectivity index (χ1v) is 6.44. The van der Waals surface area contributed by atoms with Crippen LogP contribution in [-0.4, -0.2) is 19.6 Å². The van der Waals surface area contributed by atoms with Gasteiger partial charge in [-0.25, -0.2) is 4.79 Å². The van der Waals surface area contributed by atoms with E-state index in [1.807, 2.05) is 26.1 Å². The quantitative estimate of drug-likeness (QED) is 0.825. The number of carbonyl (C=O) groups is 1. The Morgan fingerprint density at radius 3 is 2.83 bits per heavy atom. The van der Waals surface area contributed by atoms with Crippen LogP contribution in [-0.2, 0) is 4.74 Å². The summed E-state index contributed by atoms with van der Waals surface area (Å²) in [4.78, 5) is 11.8. The summed E-state index contributed by atoms with van der Waals surface area (Å²) in [5, 5.41) is 3.09. The molecule has 3 nitrogen and oxygen atoms in total. The van der Waals surface area contributed by atoms with Crippen LogP contribution in [0.25, 0.3) is 5.57 Å². The lowest BCUT2D eigenvalue weighted by Crippen LogP contribution is -2.06. The van der Waals surface area contributed by atoms with Crippen molar-refractivity contribution >= 4 is 17.2 Å². The summed E-state index contributed by atoms with van der Waals surface area (Å²) >= 11 is 0. The molecular formula is C15H19NO2. The summed E-state index contributed by atoms with van der Waals surface area (Å²) in [5.74, 6) is -0.255. The highest BCUT2D eigenvalue weighted by Crippen LogP contribution is 2.30. The van der Waals surface area contributed by atoms with Crippen LogP contribution >= 0.6 is 0 Å². The molecule has 18 heavy (non-hydrogen) atoms. The van der Waals surface area contributed by atoms with Gasteiger partial charge in [-0.1, -0.05) is 6.08 Å². The van der Waals surface area contributed by atoms with Crippen molar-refractivity contribution in [3.8, 4) is 0 Å². The first kappa shape index (κ1) is 12.7. The van der Waals surface area contributed by atoms with Crippen LogP contribution in [0.3, 0.4) is 0 Å². The van der Waals surface area contributed by atoms with Gasteiger partial charge in [-0.05, 0) is 55.5 Å². The average Bonchev–Trinajstić information content (AvgIpc) is 2.92. The van der Waals surface area contributed by atoms with E-state index < -0.39 is 0 Å². The minimum Gasteiger partial charge on any atom is -0.462 e. The second kappa shape index (κ2) is 5.71. The van der Waals surface area contributed by atoms with Crippen LogP contribution < -0.4 is 5.32 Å². The number of benzene rings is 1. The molecule has 0 aliphatic heterocycles. The zero-order valence-corrected chi connectivity index (χ0v) is 11.0. The van der Waals surface area contributed by atoms with Crippen LogP contribution in [0.15, 0.2) is 24.3 Å². The van der Waals surface area contributed by atoms with E-state index in [1.54, 1.807) is 0 Å². The molecule has 0 heterocycles. The van der Waals surface area contributed by atoms with E-state index in [0.717, 1.165) is 24.1 Å². The van der Waals surface area contributed by atoms with Gasteiger partial charge in [0.1, 0.15) is 0 Å². The molecular weight excluding hydrogens is 226 g/mol. The monoisotopic (exact) mass is 245 g/mol. The first-order chi connectivity index (χ1) is 8.74. The molecule has 0 unspecified atom stereocenters. The molecule has 1 N–H and O–H groups in total. The highest BCUT2D eigenvalue weighted by molar-refractivity contribution is 5.92. The number of esters is 1. The van der Waals surface area contributed by atoms with Crippen molar-refractivity contribution in [2.75, 3.05) is 19.0 Å². The number of allylic oxidation sites excluding steroid dienone is 2. The number of nitrogens with one attached hydrogen (secondary N) is 1. The van der Waals surface area contributed by atoms with Gasteiger partial charge in [0, 0.05) is 12.7 Å². The van der Waals surface area contributed by atoms with E-state index in [-0.39, 0.29) is 5.97 Å². The molecule has 1 aromatic carbocycles. The van der Waals surface area contributed by atoms with Crippen LogP contribution in [0.2, 0.25) is 0 Å². The van der Waals surface area contributed by atoms with Crippen LogP contribution in [0.1, 0.15) is 42.1 Å². The second-order valence-electron chi connectivity index (χ2n) is 4.39. The van der Waals surface area contributed by atoms with Gasteiger partial charge in [-0.15, -0.1) is 0 Å². The minimum absolute atomic E-state index is 0.255. The predicted octanol–water partition coefficient (Wildman–Crippen LogP) is 3.47. The molecule has 0 bridgehead atoms. The Labute approximate surface area is 108 Å². The van der Waals surface area contributed by atoms with Gasteiger partial charge in [-0.3, -0.25) is 0 Å². The minimum atomic E-state index is -0.255. The van der Waals surface area contributed by atoms with Crippen molar-refractivity contribution in [3.05, 3.63) is 35.4 Å². The van der Waals surface area contributed by atoms with E-state index in [9.17, 15) is 4.79 Å². The van der Waals surface area contributed by atoms with Gasteiger partial charge < -0.3 is 10.1 Å². The van der Waals surface area contributed by atoms with Gasteiger partial charge >= 0.3 is 5.97 Å². The Morgan fingerprint density at radius 2 is 2.22 bits per heavy atom. The highest BCUT2D eigenvalue weighted by Gasteiger charge is 2.13. The van der Waals surface area contributed by atoms with Crippen molar-refractivity contribution in [1.29, 1.82) is 0 Å². The van der Waals surface area contributed by atoms with Crippen LogP contribution in [0.4, 0.5) is 5.69 Å². The molecule has 0 radical (unpaired) electrons. The number of hydrogen-bond acceptors (Lipinski definition) is 3. The molecule has 0 fully saturated rings. The zero-order valence-electron chi connectivity index (χ0n) is 11.0. The third-order valence-corrected chi connectivity index (χ3v) is 3.14. The second-order valence-corrected chi connectivity index (χ2v) is 4.39. The standard InChI is InChI=1S/C15H19NO2/c1-3-18-15(17)13-8-12(9-14(10-13)16-2)11-6-4-5-7-11/h6,8-10,16H,3-5,7H2,1-2H3. The van der Waals surface area contributed by atoms with Crippen LogP contribution in [0.5, 0.6) is 0 Å². The fourth-order valence-corrected chi connectivity index (χ4v) is 2.22. The average molecular weight is 245 g/mol. The lowest BCUT2D eigenvalue weighted by molar-refractivity contribution is 0.0526. The molecule has 1 aromatic rings. The van der Waals surface area contributed by atoms with Crippen molar-refractivity contribution in [1.82, 2.24) is 0 Å². The molecule has 0 atom stereocenters. The fourth-order valence-electron chi connectivity index (χ4n) is 2.22. The molecule has 0 spiro atoms. The summed E-state index contributed by atoms with van der Waals surface area (Å²) in [6.07, 6.45) is 5.68. The Bertz CT molecular complexity index is 477. The van der Waals surface area contributed by atoms with Gasteiger partial charge in [-0.2, -0.15) is 0 Å². The van der Waals surface area contributed by atoms with Gasteiger partial charge in [0.25, 0.3) is 0 Å². The Morgan fingerprint density at radius 1 is 1.39 bits per heavy atom. The maximum absolute atomic E-state index is 11.8. The lowest BCUT2D eigenvalue weighted by Gasteiger charge is -2.10. The molecule has 0 aromatic heterocycles. The van der Waals surface area contributed by atoms with Crippen molar-refractivity contribution in [3.63, 3.8) is 0 Å². The SMILES string of the molecule is CCOC(=O)c1cc(NC)cc(C2=CCCC2)c1. The molecule has 0 saturated heterocycles. The topological polar surface area (TPSA) is 38.3 Å². The van der Waals surface area contributed by atoms with Gasteiger partial charge in [0.05, 0.1) is 12.2 Å². The molecule has 1 aliphatic carbocycles. The Hall–Kier alpha value is -1.77. The van der Waals surface area contributed by atoms with E-state index in [0.29, 0.717) is 12.2 Å². The third-order valence-electron chi connectivity index (χ3n) is 3.14. The van der Waals surface area contributed by atoms with E-state index in [4.69, 9.17) is 4.74 Å². The number of anilines is 1. The van der Waals surface area contributed by atoms with E-state index >= 15 is 0 Å². The Kier molecular flexibility index (Phi) is 4.03. The third kappa shape index (κ3) is 2.73. The summed E-state index contributed by atoms with van der Waals surface area (Å²) in [6, 6.07) is 5.84. The molecule has 3 heteroatoms. The Balaban J connectivity index is 2.35. The molecule has 2 rings (SSSR count). The van der Waals surface area contributed by atoms with Crippen molar-refractivity contribution in [2.24, 2.45) is 0 Å². The number of rotatable bonds is 4. The highest BCUT2D eigenvalue weighted by atomic mass is 16.5. The molecule has 0 amide bonds. The maximum Gasteiger partial charge on any atom is 0.338 e. The maximum atomic E-state index is 11.8. The molecule has 96 valence electrons. The predicted molar refractivity (Wildman–Crippen MR) is 73.8 cm³/mol. The van der Waals surface area contributed by atoms with Gasteiger partial charge in [0.2, 0.25) is 0 Å². The first-order valence-electron chi connectivity index (χ1n) is 6.44. The number of ether oxygens (including phenoxy) is 1. The zero-order chi connectivity index (χ0) is 13.0. The summed E-state index contributed by atoms with van der Waals surface area (Å²) in [5.41, 5.74) is 4.02. The molecule has 1 aliphatic rings. The smallest absolute Gasteiger partial charge is 0.338 e. The van der Waals surface area contributed by atoms with E-state index in [1.165, 1.54) is 12.0 Å². The summed E-state index contributed by atoms with van der Waals surface area (Å²) < 4.78 is 5.06. The summed E-state index contributed by atoms with van der Waals surface area (Å²) in [7, 11) is 1.86. The summed E-state index contributed by atoms with van der Waals surface area (Å²) in [6.45, 7) is 2.22.